The number of imidazole rings is 1. The zero-order chi connectivity index (χ0) is 18.0. The molecule has 7 heteroatoms. The Morgan fingerprint density at radius 2 is 2.00 bits per heavy atom. The number of benzene rings is 1. The van der Waals surface area contributed by atoms with E-state index in [1.165, 1.54) is 0 Å². The smallest absolute Gasteiger partial charge is 0.257 e. The number of hydrogen-bond acceptors (Lipinski definition) is 4. The molecule has 0 bridgehead atoms. The molecule has 0 saturated carbocycles. The fourth-order valence-corrected chi connectivity index (χ4v) is 2.90. The summed E-state index contributed by atoms with van der Waals surface area (Å²) in [5.74, 6) is 1.29. The number of carbonyl (C=O) groups excluding carboxylic acids is 1. The minimum atomic E-state index is -0.263. The Bertz CT molecular complexity index is 880. The van der Waals surface area contributed by atoms with Gasteiger partial charge in [0.1, 0.15) is 17.2 Å². The summed E-state index contributed by atoms with van der Waals surface area (Å²) in [6.45, 7) is 4.05. The van der Waals surface area contributed by atoms with Gasteiger partial charge in [-0.2, -0.15) is 5.10 Å². The number of hydrogen-bond donors (Lipinski definition) is 2. The molecule has 0 radical (unpaired) electrons. The molecule has 3 aromatic rings. The van der Waals surface area contributed by atoms with Crippen LogP contribution in [0.5, 0.6) is 0 Å². The molecule has 0 aliphatic heterocycles. The van der Waals surface area contributed by atoms with Crippen molar-refractivity contribution in [1.82, 2.24) is 24.6 Å². The van der Waals surface area contributed by atoms with Crippen LogP contribution in [0, 0.1) is 13.8 Å². The van der Waals surface area contributed by atoms with Crippen LogP contribution in [0.15, 0.2) is 42.7 Å². The molecule has 25 heavy (non-hydrogen) atoms. The third kappa shape index (κ3) is 3.32. The van der Waals surface area contributed by atoms with Gasteiger partial charge in [0.05, 0.1) is 5.69 Å². The molecule has 130 valence electrons. The van der Waals surface area contributed by atoms with E-state index in [0.717, 1.165) is 11.4 Å². The van der Waals surface area contributed by atoms with E-state index in [4.69, 9.17) is 5.73 Å². The molecule has 0 fully saturated rings. The first-order chi connectivity index (χ1) is 12.0. The Balaban J connectivity index is 1.82. The van der Waals surface area contributed by atoms with Crippen LogP contribution in [0.25, 0.3) is 5.82 Å². The molecule has 1 aromatic carbocycles. The Kier molecular flexibility index (Phi) is 4.67. The van der Waals surface area contributed by atoms with E-state index in [0.29, 0.717) is 23.6 Å². The van der Waals surface area contributed by atoms with Crippen LogP contribution < -0.4 is 11.1 Å². The summed E-state index contributed by atoms with van der Waals surface area (Å²) < 4.78 is 3.54. The van der Waals surface area contributed by atoms with Gasteiger partial charge in [-0.3, -0.25) is 14.0 Å². The molecule has 3 N–H and O–H groups in total. The highest BCUT2D eigenvalue weighted by molar-refractivity contribution is 5.98. The van der Waals surface area contributed by atoms with Gasteiger partial charge < -0.3 is 11.1 Å². The van der Waals surface area contributed by atoms with Crippen molar-refractivity contribution in [1.29, 1.82) is 0 Å². The largest absolute Gasteiger partial charge is 0.350 e. The second kappa shape index (κ2) is 6.90. The van der Waals surface area contributed by atoms with Gasteiger partial charge in [-0.15, -0.1) is 0 Å². The van der Waals surface area contributed by atoms with Crippen molar-refractivity contribution in [3.05, 3.63) is 65.4 Å². The number of nitrogens with one attached hydrogen (secondary N) is 1. The maximum absolute atomic E-state index is 12.8. The van der Waals surface area contributed by atoms with Crippen molar-refractivity contribution in [3.63, 3.8) is 0 Å². The Labute approximate surface area is 146 Å². The van der Waals surface area contributed by atoms with Crippen molar-refractivity contribution >= 4 is 5.91 Å². The Morgan fingerprint density at radius 3 is 2.64 bits per heavy atom. The van der Waals surface area contributed by atoms with Crippen LogP contribution >= 0.6 is 0 Å². The summed E-state index contributed by atoms with van der Waals surface area (Å²) in [6.07, 6.45) is 3.52. The van der Waals surface area contributed by atoms with E-state index in [2.05, 4.69) is 15.4 Å². The van der Waals surface area contributed by atoms with Gasteiger partial charge in [-0.25, -0.2) is 4.98 Å². The van der Waals surface area contributed by atoms with Crippen LogP contribution in [-0.2, 0) is 7.05 Å². The average molecular weight is 338 g/mol. The fraction of sp³-hybridized carbons (Fsp3) is 0.278. The lowest BCUT2D eigenvalue weighted by atomic mass is 10.1. The normalized spacial score (nSPS) is 12.2. The van der Waals surface area contributed by atoms with Crippen LogP contribution in [-0.4, -0.2) is 31.8 Å². The molecule has 7 nitrogen and oxygen atoms in total. The van der Waals surface area contributed by atoms with Gasteiger partial charge >= 0.3 is 0 Å². The molecule has 0 aliphatic carbocycles. The second-order valence-electron chi connectivity index (χ2n) is 5.98. The van der Waals surface area contributed by atoms with Gasteiger partial charge in [0.25, 0.3) is 5.91 Å². The molecule has 0 spiro atoms. The lowest BCUT2D eigenvalue weighted by molar-refractivity contribution is 0.0950. The minimum Gasteiger partial charge on any atom is -0.350 e. The zero-order valence-corrected chi connectivity index (χ0v) is 14.6. The number of nitrogens with zero attached hydrogens (tertiary/aromatic N) is 4. The van der Waals surface area contributed by atoms with Crippen molar-refractivity contribution < 1.29 is 4.79 Å². The number of aryl methyl sites for hydroxylation is 3. The summed E-state index contributed by atoms with van der Waals surface area (Å²) in [6, 6.07) is 9.44. The maximum atomic E-state index is 12.8. The molecule has 1 atom stereocenters. The monoisotopic (exact) mass is 338 g/mol. The number of carbonyl (C=O) groups is 1. The van der Waals surface area contributed by atoms with Crippen LogP contribution in [0.3, 0.4) is 0 Å². The van der Waals surface area contributed by atoms with Crippen molar-refractivity contribution in [2.75, 3.05) is 6.54 Å². The van der Waals surface area contributed by atoms with Gasteiger partial charge in [-0.1, -0.05) is 30.3 Å². The van der Waals surface area contributed by atoms with Gasteiger partial charge in [0.2, 0.25) is 0 Å². The highest BCUT2D eigenvalue weighted by Crippen LogP contribution is 2.19. The number of nitrogens with two attached hydrogens (primary N) is 1. The van der Waals surface area contributed by atoms with E-state index in [9.17, 15) is 4.79 Å². The lowest BCUT2D eigenvalue weighted by Gasteiger charge is -2.14. The highest BCUT2D eigenvalue weighted by atomic mass is 16.1. The molecule has 0 unspecified atom stereocenters. The fourth-order valence-electron chi connectivity index (χ4n) is 2.90. The molecule has 2 aromatic heterocycles. The van der Waals surface area contributed by atoms with E-state index < -0.39 is 0 Å². The van der Waals surface area contributed by atoms with Crippen molar-refractivity contribution in [2.45, 2.75) is 19.9 Å². The number of amides is 1. The molecular formula is C18H22N6O. The Hall–Kier alpha value is -2.93. The molecule has 0 saturated heterocycles. The average Bonchev–Trinajstić information content (AvgIpc) is 3.15. The van der Waals surface area contributed by atoms with Crippen LogP contribution in [0.1, 0.15) is 33.5 Å². The summed E-state index contributed by atoms with van der Waals surface area (Å²) >= 11 is 0. The van der Waals surface area contributed by atoms with Crippen LogP contribution in [0.4, 0.5) is 0 Å². The summed E-state index contributed by atoms with van der Waals surface area (Å²) in [5.41, 5.74) is 8.35. The lowest BCUT2D eigenvalue weighted by Crippen LogP contribution is -2.32. The summed E-state index contributed by atoms with van der Waals surface area (Å²) in [4.78, 5) is 17.0. The van der Waals surface area contributed by atoms with Gasteiger partial charge in [0, 0.05) is 32.0 Å². The Morgan fingerprint density at radius 1 is 1.28 bits per heavy atom. The third-order valence-electron chi connectivity index (χ3n) is 4.18. The maximum Gasteiger partial charge on any atom is 0.257 e. The van der Waals surface area contributed by atoms with Crippen molar-refractivity contribution in [2.24, 2.45) is 12.8 Å². The third-order valence-corrected chi connectivity index (χ3v) is 4.18. The van der Waals surface area contributed by atoms with E-state index >= 15 is 0 Å². The van der Waals surface area contributed by atoms with Crippen LogP contribution in [0.2, 0.25) is 0 Å². The molecule has 0 aliphatic rings. The van der Waals surface area contributed by atoms with Gasteiger partial charge in [0.15, 0.2) is 0 Å². The quantitative estimate of drug-likeness (QED) is 0.740. The topological polar surface area (TPSA) is 90.8 Å². The minimum absolute atomic E-state index is 0.194. The second-order valence-corrected chi connectivity index (χ2v) is 5.98. The highest BCUT2D eigenvalue weighted by Gasteiger charge is 2.22. The predicted molar refractivity (Wildman–Crippen MR) is 95.5 cm³/mol. The first-order valence-electron chi connectivity index (χ1n) is 8.11. The predicted octanol–water partition coefficient (Wildman–Crippen LogP) is 1.65. The van der Waals surface area contributed by atoms with Gasteiger partial charge in [-0.05, 0) is 19.4 Å². The number of aromatic nitrogens is 4. The number of rotatable bonds is 5. The molecule has 2 heterocycles. The standard InChI is InChI=1S/C18H22N6O/c1-12-16(18(23(3)22-12)24-10-9-20-13(24)2)17(25)21-11-15(19)14-7-5-4-6-8-14/h4-10,15H,11,19H2,1-3H3,(H,21,25)/t15-/m1/s1. The van der Waals surface area contributed by atoms with E-state index in [-0.39, 0.29) is 11.9 Å². The molecule has 3 rings (SSSR count). The SMILES string of the molecule is Cc1nn(C)c(-n2ccnc2C)c1C(=O)NC[C@@H](N)c1ccccc1. The first-order valence-corrected chi connectivity index (χ1v) is 8.11. The molecular weight excluding hydrogens is 316 g/mol. The first kappa shape index (κ1) is 16.9. The molecule has 1 amide bonds. The summed E-state index contributed by atoms with van der Waals surface area (Å²) in [7, 11) is 1.81. The van der Waals surface area contributed by atoms with E-state index in [1.807, 2.05) is 62.0 Å². The zero-order valence-electron chi connectivity index (χ0n) is 14.6. The van der Waals surface area contributed by atoms with Crippen molar-refractivity contribution in [3.8, 4) is 5.82 Å². The van der Waals surface area contributed by atoms with E-state index in [1.54, 1.807) is 10.9 Å². The summed E-state index contributed by atoms with van der Waals surface area (Å²) in [5, 5.41) is 7.31.